The molecule has 6 heteroatoms. The van der Waals surface area contributed by atoms with Gasteiger partial charge in [0.1, 0.15) is 6.54 Å². The van der Waals surface area contributed by atoms with Crippen LogP contribution in [0.5, 0.6) is 0 Å². The largest absolute Gasteiger partial charge is 0.354 e. The molecular formula is C22H28N4O2. The fourth-order valence-corrected chi connectivity index (χ4v) is 4.58. The van der Waals surface area contributed by atoms with Crippen molar-refractivity contribution in [2.75, 3.05) is 19.6 Å². The Kier molecular flexibility index (Phi) is 5.86. The lowest BCUT2D eigenvalue weighted by Crippen LogP contribution is -2.51. The van der Waals surface area contributed by atoms with Crippen molar-refractivity contribution in [1.29, 1.82) is 0 Å². The lowest BCUT2D eigenvalue weighted by molar-refractivity contribution is -0.122. The molecule has 2 saturated heterocycles. The molecule has 4 rings (SSSR count). The molecule has 2 fully saturated rings. The number of hydrogen-bond donors (Lipinski definition) is 1. The molecule has 2 aromatic rings. The quantitative estimate of drug-likeness (QED) is 0.864. The van der Waals surface area contributed by atoms with E-state index < -0.39 is 0 Å². The number of piperidine rings is 2. The number of hydrogen-bond acceptors (Lipinski definition) is 4. The number of aromatic nitrogens is 2. The van der Waals surface area contributed by atoms with Gasteiger partial charge in [-0.05, 0) is 50.8 Å². The molecular weight excluding hydrogens is 352 g/mol. The van der Waals surface area contributed by atoms with Crippen LogP contribution >= 0.6 is 0 Å². The minimum Gasteiger partial charge on any atom is -0.354 e. The van der Waals surface area contributed by atoms with Gasteiger partial charge in [0.2, 0.25) is 5.91 Å². The molecule has 0 saturated carbocycles. The number of nitrogens with zero attached hydrogens (tertiary/aromatic N) is 3. The van der Waals surface area contributed by atoms with Gasteiger partial charge >= 0.3 is 0 Å². The minimum atomic E-state index is -0.258. The average Bonchev–Trinajstić information content (AvgIpc) is 2.74. The Bertz CT molecular complexity index is 862. The number of benzene rings is 1. The minimum absolute atomic E-state index is 0.0411. The summed E-state index contributed by atoms with van der Waals surface area (Å²) < 4.78 is 1.26. The number of rotatable bonds is 5. The van der Waals surface area contributed by atoms with Crippen molar-refractivity contribution in [3.63, 3.8) is 0 Å². The maximum absolute atomic E-state index is 12.5. The van der Waals surface area contributed by atoms with Gasteiger partial charge in [0, 0.05) is 24.2 Å². The summed E-state index contributed by atoms with van der Waals surface area (Å²) in [5, 5.41) is 7.43. The van der Waals surface area contributed by atoms with Gasteiger partial charge in [0.05, 0.1) is 5.69 Å². The SMILES string of the molecule is O=C(Cn1nc(-c2ccccc2)ccc1=O)NCC1CCCN2CCCCC12. The summed E-state index contributed by atoms with van der Waals surface area (Å²) in [6.45, 7) is 3.04. The summed E-state index contributed by atoms with van der Waals surface area (Å²) in [4.78, 5) is 27.2. The highest BCUT2D eigenvalue weighted by molar-refractivity contribution is 5.75. The normalized spacial score (nSPS) is 22.4. The second-order valence-electron chi connectivity index (χ2n) is 7.89. The van der Waals surface area contributed by atoms with Crippen molar-refractivity contribution in [2.24, 2.45) is 5.92 Å². The van der Waals surface area contributed by atoms with Crippen molar-refractivity contribution < 1.29 is 4.79 Å². The third-order valence-electron chi connectivity index (χ3n) is 6.02. The van der Waals surface area contributed by atoms with E-state index >= 15 is 0 Å². The lowest BCUT2D eigenvalue weighted by Gasteiger charge is -2.44. The van der Waals surface area contributed by atoms with Crippen molar-refractivity contribution in [3.8, 4) is 11.3 Å². The molecule has 6 nitrogen and oxygen atoms in total. The summed E-state index contributed by atoms with van der Waals surface area (Å²) in [6.07, 6.45) is 6.19. The Hall–Kier alpha value is -2.47. The van der Waals surface area contributed by atoms with Crippen LogP contribution in [0.25, 0.3) is 11.3 Å². The molecule has 2 aliphatic heterocycles. The van der Waals surface area contributed by atoms with E-state index in [0.29, 0.717) is 24.2 Å². The van der Waals surface area contributed by atoms with Crippen molar-refractivity contribution in [1.82, 2.24) is 20.0 Å². The highest BCUT2D eigenvalue weighted by atomic mass is 16.2. The molecule has 1 amide bonds. The molecule has 0 bridgehead atoms. The summed E-state index contributed by atoms with van der Waals surface area (Å²) in [5.74, 6) is 0.367. The van der Waals surface area contributed by atoms with Crippen LogP contribution in [0.15, 0.2) is 47.3 Å². The zero-order valence-electron chi connectivity index (χ0n) is 16.2. The van der Waals surface area contributed by atoms with E-state index in [1.54, 1.807) is 6.07 Å². The Labute approximate surface area is 165 Å². The summed E-state index contributed by atoms with van der Waals surface area (Å²) in [7, 11) is 0. The molecule has 2 aliphatic rings. The van der Waals surface area contributed by atoms with Crippen LogP contribution in [0.2, 0.25) is 0 Å². The first-order valence-corrected chi connectivity index (χ1v) is 10.3. The van der Waals surface area contributed by atoms with E-state index in [1.807, 2.05) is 30.3 Å². The van der Waals surface area contributed by atoms with Crippen LogP contribution in [-0.4, -0.2) is 46.3 Å². The van der Waals surface area contributed by atoms with Crippen molar-refractivity contribution in [2.45, 2.75) is 44.7 Å². The first-order chi connectivity index (χ1) is 13.7. The molecule has 148 valence electrons. The Morgan fingerprint density at radius 1 is 1.04 bits per heavy atom. The van der Waals surface area contributed by atoms with Gasteiger partial charge in [0.25, 0.3) is 5.56 Å². The van der Waals surface area contributed by atoms with Crippen LogP contribution in [0.1, 0.15) is 32.1 Å². The maximum atomic E-state index is 12.5. The van der Waals surface area contributed by atoms with Gasteiger partial charge in [-0.1, -0.05) is 36.8 Å². The molecule has 1 aromatic carbocycles. The van der Waals surface area contributed by atoms with Gasteiger partial charge in [0.15, 0.2) is 0 Å². The Balaban J connectivity index is 1.38. The summed E-state index contributed by atoms with van der Waals surface area (Å²) >= 11 is 0. The zero-order valence-corrected chi connectivity index (χ0v) is 16.2. The topological polar surface area (TPSA) is 67.2 Å². The number of carbonyl (C=O) groups is 1. The number of nitrogens with one attached hydrogen (secondary N) is 1. The molecule has 28 heavy (non-hydrogen) atoms. The monoisotopic (exact) mass is 380 g/mol. The predicted octanol–water partition coefficient (Wildman–Crippen LogP) is 2.29. The highest BCUT2D eigenvalue weighted by Crippen LogP contribution is 2.30. The van der Waals surface area contributed by atoms with Crippen LogP contribution in [0, 0.1) is 5.92 Å². The number of carbonyl (C=O) groups excluding carboxylic acids is 1. The van der Waals surface area contributed by atoms with Crippen LogP contribution in [0.4, 0.5) is 0 Å². The molecule has 0 spiro atoms. The standard InChI is InChI=1S/C22H28N4O2/c27-21(23-15-18-9-6-14-25-13-5-4-10-20(18)25)16-26-22(28)12-11-19(24-26)17-7-2-1-3-8-17/h1-3,7-8,11-12,18,20H,4-6,9-10,13-16H2,(H,23,27). The third-order valence-corrected chi connectivity index (χ3v) is 6.02. The van der Waals surface area contributed by atoms with E-state index in [1.165, 1.54) is 55.9 Å². The van der Waals surface area contributed by atoms with Crippen molar-refractivity contribution >= 4 is 5.91 Å². The first-order valence-electron chi connectivity index (χ1n) is 10.3. The highest BCUT2D eigenvalue weighted by Gasteiger charge is 2.32. The van der Waals surface area contributed by atoms with E-state index in [2.05, 4.69) is 15.3 Å². The van der Waals surface area contributed by atoms with E-state index in [-0.39, 0.29) is 18.0 Å². The number of amides is 1. The maximum Gasteiger partial charge on any atom is 0.267 e. The van der Waals surface area contributed by atoms with E-state index in [0.717, 1.165) is 5.56 Å². The van der Waals surface area contributed by atoms with Gasteiger partial charge in [-0.3, -0.25) is 9.59 Å². The first kappa shape index (κ1) is 18.9. The second-order valence-corrected chi connectivity index (χ2v) is 7.89. The molecule has 3 heterocycles. The summed E-state index contributed by atoms with van der Waals surface area (Å²) in [6, 6.07) is 13.5. The zero-order chi connectivity index (χ0) is 19.3. The number of fused-ring (bicyclic) bond motifs is 1. The fourth-order valence-electron chi connectivity index (χ4n) is 4.58. The van der Waals surface area contributed by atoms with Crippen molar-refractivity contribution in [3.05, 3.63) is 52.8 Å². The van der Waals surface area contributed by atoms with Gasteiger partial charge < -0.3 is 10.2 Å². The van der Waals surface area contributed by atoms with Gasteiger partial charge in [-0.15, -0.1) is 0 Å². The summed E-state index contributed by atoms with van der Waals surface area (Å²) in [5.41, 5.74) is 1.36. The molecule has 1 aromatic heterocycles. The van der Waals surface area contributed by atoms with E-state index in [4.69, 9.17) is 0 Å². The lowest BCUT2D eigenvalue weighted by atomic mass is 9.83. The second kappa shape index (κ2) is 8.69. The molecule has 2 atom stereocenters. The average molecular weight is 380 g/mol. The molecule has 1 N–H and O–H groups in total. The molecule has 2 unspecified atom stereocenters. The van der Waals surface area contributed by atoms with Gasteiger partial charge in [-0.2, -0.15) is 5.10 Å². The van der Waals surface area contributed by atoms with Crippen LogP contribution < -0.4 is 10.9 Å². The van der Waals surface area contributed by atoms with Crippen LogP contribution in [-0.2, 0) is 11.3 Å². The molecule has 0 aliphatic carbocycles. The Morgan fingerprint density at radius 2 is 1.86 bits per heavy atom. The van der Waals surface area contributed by atoms with E-state index in [9.17, 15) is 9.59 Å². The van der Waals surface area contributed by atoms with Gasteiger partial charge in [-0.25, -0.2) is 4.68 Å². The fraction of sp³-hybridized carbons (Fsp3) is 0.500. The third kappa shape index (κ3) is 4.33. The Morgan fingerprint density at radius 3 is 2.71 bits per heavy atom. The molecule has 0 radical (unpaired) electrons. The predicted molar refractivity (Wildman–Crippen MR) is 109 cm³/mol. The van der Waals surface area contributed by atoms with Crippen LogP contribution in [0.3, 0.4) is 0 Å². The smallest absolute Gasteiger partial charge is 0.267 e.